The summed E-state index contributed by atoms with van der Waals surface area (Å²) in [5.41, 5.74) is 0.153. The summed E-state index contributed by atoms with van der Waals surface area (Å²) in [5, 5.41) is 10.3. The van der Waals surface area contributed by atoms with Crippen LogP contribution in [0.2, 0.25) is 0 Å². The molecule has 0 amide bonds. The molecule has 5 nitrogen and oxygen atoms in total. The summed E-state index contributed by atoms with van der Waals surface area (Å²) in [6.07, 6.45) is 2.16. The number of hydrogen-bond acceptors (Lipinski definition) is 4. The lowest BCUT2D eigenvalue weighted by atomic mass is 9.90. The van der Waals surface area contributed by atoms with E-state index >= 15 is 0 Å². The molecule has 0 spiro atoms. The molecule has 0 saturated carbocycles. The van der Waals surface area contributed by atoms with Gasteiger partial charge in [0.05, 0.1) is 10.9 Å². The van der Waals surface area contributed by atoms with Crippen LogP contribution in [0.25, 0.3) is 10.9 Å². The van der Waals surface area contributed by atoms with Crippen LogP contribution in [-0.4, -0.2) is 34.1 Å². The van der Waals surface area contributed by atoms with Gasteiger partial charge in [-0.25, -0.2) is 9.97 Å². The van der Waals surface area contributed by atoms with E-state index in [1.807, 2.05) is 23.1 Å². The zero-order chi connectivity index (χ0) is 14.3. The maximum absolute atomic E-state index is 11.3. The first-order valence-electron chi connectivity index (χ1n) is 6.38. The second kappa shape index (κ2) is 4.70. The van der Waals surface area contributed by atoms with Crippen molar-refractivity contribution in [2.45, 2.75) is 13.3 Å². The van der Waals surface area contributed by atoms with E-state index in [9.17, 15) is 9.90 Å². The zero-order valence-electron chi connectivity index (χ0n) is 11.0. The fourth-order valence-corrected chi connectivity index (χ4v) is 2.93. The lowest BCUT2D eigenvalue weighted by Gasteiger charge is -2.21. The number of carboxylic acids is 1. The van der Waals surface area contributed by atoms with E-state index < -0.39 is 11.4 Å². The Labute approximate surface area is 124 Å². The zero-order valence-corrected chi connectivity index (χ0v) is 12.6. The highest BCUT2D eigenvalue weighted by molar-refractivity contribution is 9.10. The second-order valence-corrected chi connectivity index (χ2v) is 6.31. The number of carbonyl (C=O) groups is 1. The summed E-state index contributed by atoms with van der Waals surface area (Å²) in [5.74, 6) is 0.0635. The number of aromatic nitrogens is 2. The summed E-state index contributed by atoms with van der Waals surface area (Å²) in [4.78, 5) is 22.0. The first kappa shape index (κ1) is 13.3. The van der Waals surface area contributed by atoms with Gasteiger partial charge in [-0.15, -0.1) is 0 Å². The second-order valence-electron chi connectivity index (χ2n) is 5.40. The van der Waals surface area contributed by atoms with Crippen molar-refractivity contribution >= 4 is 38.6 Å². The third-order valence-electron chi connectivity index (χ3n) is 3.87. The Morgan fingerprint density at radius 1 is 1.45 bits per heavy atom. The molecule has 1 N–H and O–H groups in total. The molecule has 1 aromatic carbocycles. The Morgan fingerprint density at radius 3 is 2.95 bits per heavy atom. The average Bonchev–Trinajstić information content (AvgIpc) is 2.81. The van der Waals surface area contributed by atoms with Gasteiger partial charge >= 0.3 is 5.97 Å². The van der Waals surface area contributed by atoms with Crippen molar-refractivity contribution in [1.82, 2.24) is 9.97 Å². The van der Waals surface area contributed by atoms with Crippen LogP contribution in [-0.2, 0) is 4.79 Å². The molecule has 3 rings (SSSR count). The van der Waals surface area contributed by atoms with E-state index in [2.05, 4.69) is 25.9 Å². The Bertz CT molecular complexity index is 691. The van der Waals surface area contributed by atoms with Gasteiger partial charge < -0.3 is 10.0 Å². The van der Waals surface area contributed by atoms with Gasteiger partial charge in [0.1, 0.15) is 12.1 Å². The normalized spacial score (nSPS) is 22.4. The Kier molecular flexibility index (Phi) is 3.12. The molecule has 1 aliphatic heterocycles. The minimum atomic E-state index is -0.749. The molecule has 1 saturated heterocycles. The highest BCUT2D eigenvalue weighted by Crippen LogP contribution is 2.35. The maximum Gasteiger partial charge on any atom is 0.311 e. The molecule has 0 aliphatic carbocycles. The molecule has 1 aromatic heterocycles. The number of benzene rings is 1. The number of carboxylic acid groups (broad SMARTS) is 1. The summed E-state index contributed by atoms with van der Waals surface area (Å²) in [6.45, 7) is 2.96. The third-order valence-corrected chi connectivity index (χ3v) is 4.36. The van der Waals surface area contributed by atoms with Crippen LogP contribution in [0, 0.1) is 5.41 Å². The van der Waals surface area contributed by atoms with Gasteiger partial charge in [-0.05, 0) is 31.5 Å². The van der Waals surface area contributed by atoms with Crippen LogP contribution in [0.1, 0.15) is 13.3 Å². The van der Waals surface area contributed by atoms with Crippen molar-refractivity contribution in [3.8, 4) is 0 Å². The Hall–Kier alpha value is -1.69. The fraction of sp³-hybridized carbons (Fsp3) is 0.357. The highest BCUT2D eigenvalue weighted by Gasteiger charge is 2.41. The number of fused-ring (bicyclic) bond motifs is 1. The van der Waals surface area contributed by atoms with Crippen molar-refractivity contribution in [1.29, 1.82) is 0 Å². The number of halogens is 1. The first-order chi connectivity index (χ1) is 9.49. The van der Waals surface area contributed by atoms with Gasteiger partial charge in [0.25, 0.3) is 0 Å². The molecular formula is C14H14BrN3O2. The van der Waals surface area contributed by atoms with Crippen LogP contribution in [0.15, 0.2) is 29.0 Å². The molecule has 1 unspecified atom stereocenters. The van der Waals surface area contributed by atoms with E-state index in [1.165, 1.54) is 6.33 Å². The Balaban J connectivity index is 2.02. The third kappa shape index (κ3) is 2.14. The molecular weight excluding hydrogens is 322 g/mol. The predicted octanol–water partition coefficient (Wildman–Crippen LogP) is 2.69. The van der Waals surface area contributed by atoms with Crippen LogP contribution in [0.3, 0.4) is 0 Å². The minimum Gasteiger partial charge on any atom is -0.481 e. The lowest BCUT2D eigenvalue weighted by molar-refractivity contribution is -0.146. The molecule has 1 fully saturated rings. The SMILES string of the molecule is CC1(C(=O)O)CCN(c2ncnc3cc(Br)ccc23)C1. The van der Waals surface area contributed by atoms with Gasteiger partial charge in [-0.3, -0.25) is 4.79 Å². The van der Waals surface area contributed by atoms with Crippen molar-refractivity contribution in [2.75, 3.05) is 18.0 Å². The number of hydrogen-bond donors (Lipinski definition) is 1. The van der Waals surface area contributed by atoms with Crippen LogP contribution in [0.5, 0.6) is 0 Å². The molecule has 1 aliphatic rings. The standard InChI is InChI=1S/C14H14BrN3O2/c1-14(13(19)20)4-5-18(7-14)12-10-3-2-9(15)6-11(10)16-8-17-12/h2-3,6,8H,4-5,7H2,1H3,(H,19,20). The summed E-state index contributed by atoms with van der Waals surface area (Å²) in [6, 6.07) is 5.85. The summed E-state index contributed by atoms with van der Waals surface area (Å²) >= 11 is 3.43. The minimum absolute atomic E-state index is 0.477. The van der Waals surface area contributed by atoms with Crippen LogP contribution < -0.4 is 4.90 Å². The first-order valence-corrected chi connectivity index (χ1v) is 7.17. The van der Waals surface area contributed by atoms with Gasteiger partial charge in [0.15, 0.2) is 0 Å². The number of nitrogens with zero attached hydrogens (tertiary/aromatic N) is 3. The topological polar surface area (TPSA) is 66.3 Å². The number of aliphatic carboxylic acids is 1. The van der Waals surface area contributed by atoms with Gasteiger partial charge in [-0.2, -0.15) is 0 Å². The highest BCUT2D eigenvalue weighted by atomic mass is 79.9. The predicted molar refractivity (Wildman–Crippen MR) is 79.8 cm³/mol. The van der Waals surface area contributed by atoms with Crippen LogP contribution in [0.4, 0.5) is 5.82 Å². The van der Waals surface area contributed by atoms with Crippen molar-refractivity contribution in [3.63, 3.8) is 0 Å². The molecule has 20 heavy (non-hydrogen) atoms. The smallest absolute Gasteiger partial charge is 0.311 e. The van der Waals surface area contributed by atoms with E-state index in [0.717, 1.165) is 21.2 Å². The molecule has 1 atom stereocenters. The largest absolute Gasteiger partial charge is 0.481 e. The molecule has 2 heterocycles. The molecule has 0 radical (unpaired) electrons. The summed E-state index contributed by atoms with van der Waals surface area (Å²) < 4.78 is 0.964. The van der Waals surface area contributed by atoms with Crippen molar-refractivity contribution in [2.24, 2.45) is 5.41 Å². The van der Waals surface area contributed by atoms with Gasteiger partial charge in [0.2, 0.25) is 0 Å². The maximum atomic E-state index is 11.3. The van der Waals surface area contributed by atoms with E-state index in [1.54, 1.807) is 6.92 Å². The quantitative estimate of drug-likeness (QED) is 0.913. The van der Waals surface area contributed by atoms with Crippen molar-refractivity contribution < 1.29 is 9.90 Å². The fourth-order valence-electron chi connectivity index (χ4n) is 2.58. The Morgan fingerprint density at radius 2 is 2.25 bits per heavy atom. The molecule has 0 bridgehead atoms. The van der Waals surface area contributed by atoms with Crippen molar-refractivity contribution in [3.05, 3.63) is 29.0 Å². The number of anilines is 1. The summed E-state index contributed by atoms with van der Waals surface area (Å²) in [7, 11) is 0. The number of rotatable bonds is 2. The monoisotopic (exact) mass is 335 g/mol. The van der Waals surface area contributed by atoms with Gasteiger partial charge in [0, 0.05) is 22.9 Å². The van der Waals surface area contributed by atoms with E-state index in [-0.39, 0.29) is 0 Å². The lowest BCUT2D eigenvalue weighted by Crippen LogP contribution is -2.32. The molecule has 104 valence electrons. The van der Waals surface area contributed by atoms with Crippen LogP contribution >= 0.6 is 15.9 Å². The van der Waals surface area contributed by atoms with E-state index in [4.69, 9.17) is 0 Å². The van der Waals surface area contributed by atoms with E-state index in [0.29, 0.717) is 19.5 Å². The average molecular weight is 336 g/mol. The molecule has 6 heteroatoms. The van der Waals surface area contributed by atoms with Gasteiger partial charge in [-0.1, -0.05) is 15.9 Å². The molecule has 2 aromatic rings.